The van der Waals surface area contributed by atoms with Crippen molar-refractivity contribution in [1.82, 2.24) is 10.6 Å². The number of methoxy groups -OCH3 is 1. The molecule has 0 saturated heterocycles. The first-order valence-corrected chi connectivity index (χ1v) is 7.82. The highest BCUT2D eigenvalue weighted by molar-refractivity contribution is 6.07. The Balaban J connectivity index is 1.90. The molecule has 0 aliphatic heterocycles. The maximum Gasteiger partial charge on any atom is 0.235 e. The minimum Gasteiger partial charge on any atom is -0.496 e. The van der Waals surface area contributed by atoms with Crippen molar-refractivity contribution in [3.8, 4) is 5.75 Å². The third-order valence-electron chi connectivity index (χ3n) is 4.07. The third kappa shape index (κ3) is 3.59. The summed E-state index contributed by atoms with van der Waals surface area (Å²) >= 11 is 0. The van der Waals surface area contributed by atoms with Crippen molar-refractivity contribution in [3.63, 3.8) is 0 Å². The molecule has 0 atom stereocenters. The average molecular weight is 304 g/mol. The van der Waals surface area contributed by atoms with Crippen LogP contribution in [0.4, 0.5) is 0 Å². The summed E-state index contributed by atoms with van der Waals surface area (Å²) in [4.78, 5) is 24.5. The number of hydrogen-bond acceptors (Lipinski definition) is 3. The first kappa shape index (κ1) is 16.3. The second-order valence-corrected chi connectivity index (χ2v) is 5.69. The summed E-state index contributed by atoms with van der Waals surface area (Å²) in [6.07, 6.45) is 3.21. The molecular weight excluding hydrogens is 280 g/mol. The van der Waals surface area contributed by atoms with E-state index in [0.717, 1.165) is 24.2 Å². The standard InChI is InChI=1S/C17H24N2O3/c1-3-4-11-18-15(20)17(9-10-17)16(21)19-12-13-7-5-6-8-14(13)22-2/h5-8H,3-4,9-12H2,1-2H3,(H,18,20)(H,19,21). The van der Waals surface area contributed by atoms with Gasteiger partial charge in [-0.2, -0.15) is 0 Å². The van der Waals surface area contributed by atoms with Crippen LogP contribution in [-0.4, -0.2) is 25.5 Å². The van der Waals surface area contributed by atoms with Crippen molar-refractivity contribution in [2.24, 2.45) is 5.41 Å². The summed E-state index contributed by atoms with van der Waals surface area (Å²) in [7, 11) is 1.60. The Kier molecular flexibility index (Phi) is 5.41. The van der Waals surface area contributed by atoms with Crippen LogP contribution in [0, 0.1) is 5.41 Å². The minimum absolute atomic E-state index is 0.140. The lowest BCUT2D eigenvalue weighted by atomic mass is 10.0. The van der Waals surface area contributed by atoms with Crippen LogP contribution >= 0.6 is 0 Å². The SMILES string of the molecule is CCCCNC(=O)C1(C(=O)NCc2ccccc2OC)CC1. The number of ether oxygens (including phenoxy) is 1. The van der Waals surface area contributed by atoms with Gasteiger partial charge < -0.3 is 15.4 Å². The van der Waals surface area contributed by atoms with Crippen LogP contribution in [-0.2, 0) is 16.1 Å². The molecule has 1 aromatic rings. The Morgan fingerprint density at radius 2 is 1.86 bits per heavy atom. The van der Waals surface area contributed by atoms with E-state index < -0.39 is 5.41 Å². The number of nitrogens with one attached hydrogen (secondary N) is 2. The zero-order valence-corrected chi connectivity index (χ0v) is 13.3. The lowest BCUT2D eigenvalue weighted by molar-refractivity contribution is -0.137. The number of amides is 2. The molecule has 0 heterocycles. The summed E-state index contributed by atoms with van der Waals surface area (Å²) in [5.41, 5.74) is 0.0518. The predicted molar refractivity (Wildman–Crippen MR) is 84.4 cm³/mol. The van der Waals surface area contributed by atoms with Gasteiger partial charge in [-0.1, -0.05) is 31.5 Å². The Bertz CT molecular complexity index is 538. The molecule has 1 fully saturated rings. The van der Waals surface area contributed by atoms with Crippen LogP contribution in [0.15, 0.2) is 24.3 Å². The van der Waals surface area contributed by atoms with Gasteiger partial charge in [-0.25, -0.2) is 0 Å². The molecule has 5 nitrogen and oxygen atoms in total. The highest BCUT2D eigenvalue weighted by Gasteiger charge is 2.56. The highest BCUT2D eigenvalue weighted by Crippen LogP contribution is 2.46. The molecule has 2 N–H and O–H groups in total. The second kappa shape index (κ2) is 7.29. The molecular formula is C17H24N2O3. The molecule has 5 heteroatoms. The molecule has 0 unspecified atom stereocenters. The van der Waals surface area contributed by atoms with E-state index in [1.165, 1.54) is 0 Å². The van der Waals surface area contributed by atoms with Crippen LogP contribution < -0.4 is 15.4 Å². The van der Waals surface area contributed by atoms with Gasteiger partial charge >= 0.3 is 0 Å². The van der Waals surface area contributed by atoms with E-state index in [2.05, 4.69) is 17.6 Å². The first-order valence-electron chi connectivity index (χ1n) is 7.82. The van der Waals surface area contributed by atoms with E-state index in [9.17, 15) is 9.59 Å². The quantitative estimate of drug-likeness (QED) is 0.570. The van der Waals surface area contributed by atoms with E-state index in [1.54, 1.807) is 7.11 Å². The Morgan fingerprint density at radius 1 is 1.18 bits per heavy atom. The Hall–Kier alpha value is -2.04. The summed E-state index contributed by atoms with van der Waals surface area (Å²) < 4.78 is 5.26. The molecule has 0 aromatic heterocycles. The number of para-hydroxylation sites is 1. The van der Waals surface area contributed by atoms with Crippen molar-refractivity contribution in [3.05, 3.63) is 29.8 Å². The van der Waals surface area contributed by atoms with Crippen molar-refractivity contribution in [1.29, 1.82) is 0 Å². The van der Waals surface area contributed by atoms with Crippen LogP contribution in [0.1, 0.15) is 38.2 Å². The van der Waals surface area contributed by atoms with E-state index in [-0.39, 0.29) is 11.8 Å². The number of hydrogen-bond donors (Lipinski definition) is 2. The van der Waals surface area contributed by atoms with Crippen molar-refractivity contribution in [2.75, 3.05) is 13.7 Å². The molecule has 0 spiro atoms. The van der Waals surface area contributed by atoms with Gasteiger partial charge in [-0.05, 0) is 25.3 Å². The fourth-order valence-electron chi connectivity index (χ4n) is 2.42. The van der Waals surface area contributed by atoms with Crippen molar-refractivity contribution in [2.45, 2.75) is 39.2 Å². The zero-order valence-electron chi connectivity index (χ0n) is 13.3. The summed E-state index contributed by atoms with van der Waals surface area (Å²) in [5.74, 6) is 0.408. The van der Waals surface area contributed by atoms with Crippen LogP contribution in [0.5, 0.6) is 5.75 Å². The van der Waals surface area contributed by atoms with Crippen LogP contribution in [0.25, 0.3) is 0 Å². The molecule has 120 valence electrons. The van der Waals surface area contributed by atoms with Gasteiger partial charge in [0.25, 0.3) is 0 Å². The van der Waals surface area contributed by atoms with Gasteiger partial charge in [-0.15, -0.1) is 0 Å². The number of rotatable bonds is 8. The second-order valence-electron chi connectivity index (χ2n) is 5.69. The summed E-state index contributed by atoms with van der Waals surface area (Å²) in [5, 5.41) is 5.73. The van der Waals surface area contributed by atoms with Crippen molar-refractivity contribution >= 4 is 11.8 Å². The fraction of sp³-hybridized carbons (Fsp3) is 0.529. The minimum atomic E-state index is -0.851. The van der Waals surface area contributed by atoms with E-state index in [1.807, 2.05) is 24.3 Å². The van der Waals surface area contributed by atoms with Gasteiger partial charge in [0, 0.05) is 18.7 Å². The normalized spacial score (nSPS) is 15.0. The maximum absolute atomic E-state index is 12.4. The van der Waals surface area contributed by atoms with Gasteiger partial charge in [0.15, 0.2) is 0 Å². The molecule has 1 aromatic carbocycles. The molecule has 22 heavy (non-hydrogen) atoms. The topological polar surface area (TPSA) is 67.4 Å². The largest absolute Gasteiger partial charge is 0.496 e. The van der Waals surface area contributed by atoms with Crippen LogP contribution in [0.3, 0.4) is 0 Å². The number of carbonyl (C=O) groups excluding carboxylic acids is 2. The molecule has 0 bridgehead atoms. The molecule has 2 amide bonds. The van der Waals surface area contributed by atoms with Crippen LogP contribution in [0.2, 0.25) is 0 Å². The average Bonchev–Trinajstić information content (AvgIpc) is 3.35. The van der Waals surface area contributed by atoms with E-state index >= 15 is 0 Å². The summed E-state index contributed by atoms with van der Waals surface area (Å²) in [6.45, 7) is 3.07. The molecule has 2 rings (SSSR count). The molecule has 1 aliphatic rings. The first-order chi connectivity index (χ1) is 10.6. The maximum atomic E-state index is 12.4. The van der Waals surface area contributed by atoms with Gasteiger partial charge in [0.1, 0.15) is 11.2 Å². The zero-order chi connectivity index (χ0) is 16.0. The number of unbranched alkanes of at least 4 members (excludes halogenated alkanes) is 1. The molecule has 1 aliphatic carbocycles. The van der Waals surface area contributed by atoms with Crippen molar-refractivity contribution < 1.29 is 14.3 Å². The lowest BCUT2D eigenvalue weighted by Crippen LogP contribution is -2.43. The highest BCUT2D eigenvalue weighted by atomic mass is 16.5. The van der Waals surface area contributed by atoms with Gasteiger partial charge in [-0.3, -0.25) is 9.59 Å². The Morgan fingerprint density at radius 3 is 2.50 bits per heavy atom. The monoisotopic (exact) mass is 304 g/mol. The summed E-state index contributed by atoms with van der Waals surface area (Å²) in [6, 6.07) is 7.54. The third-order valence-corrected chi connectivity index (χ3v) is 4.07. The smallest absolute Gasteiger partial charge is 0.235 e. The predicted octanol–water partition coefficient (Wildman–Crippen LogP) is 2.01. The lowest BCUT2D eigenvalue weighted by Gasteiger charge is -2.16. The number of benzene rings is 1. The van der Waals surface area contributed by atoms with Gasteiger partial charge in [0.05, 0.1) is 7.11 Å². The molecule has 0 radical (unpaired) electrons. The van der Waals surface area contributed by atoms with E-state index in [4.69, 9.17) is 4.74 Å². The fourth-order valence-corrected chi connectivity index (χ4v) is 2.42. The number of carbonyl (C=O) groups is 2. The Labute approximate surface area is 131 Å². The molecule has 1 saturated carbocycles. The van der Waals surface area contributed by atoms with Gasteiger partial charge in [0.2, 0.25) is 11.8 Å². The van der Waals surface area contributed by atoms with E-state index in [0.29, 0.717) is 25.9 Å².